The fourth-order valence-corrected chi connectivity index (χ4v) is 3.02. The number of nitrogens with one attached hydrogen (secondary N) is 1. The number of ketones is 1. The summed E-state index contributed by atoms with van der Waals surface area (Å²) < 4.78 is 13.9. The number of aromatic nitrogens is 2. The minimum absolute atomic E-state index is 0.0748. The summed E-state index contributed by atoms with van der Waals surface area (Å²) in [5.74, 6) is -0.967. The number of Topliss-reactive ketones (excluding diaryl/α,β-unsaturated/α-hetero) is 1. The Bertz CT molecular complexity index is 774. The smallest absolute Gasteiger partial charge is 0.274 e. The zero-order chi connectivity index (χ0) is 17.8. The van der Waals surface area contributed by atoms with Gasteiger partial charge >= 0.3 is 0 Å². The van der Waals surface area contributed by atoms with Crippen LogP contribution in [0.2, 0.25) is 0 Å². The van der Waals surface area contributed by atoms with E-state index >= 15 is 0 Å². The summed E-state index contributed by atoms with van der Waals surface area (Å²) in [6.45, 7) is 2.49. The van der Waals surface area contributed by atoms with Gasteiger partial charge in [0.2, 0.25) is 0 Å². The van der Waals surface area contributed by atoms with E-state index in [9.17, 15) is 14.0 Å². The molecule has 0 unspecified atom stereocenters. The molecule has 3 rings (SSSR count). The summed E-state index contributed by atoms with van der Waals surface area (Å²) in [4.78, 5) is 33.7. The maximum absolute atomic E-state index is 13.9. The lowest BCUT2D eigenvalue weighted by Gasteiger charge is -2.33. The molecule has 2 aromatic rings. The van der Waals surface area contributed by atoms with Crippen molar-refractivity contribution in [1.82, 2.24) is 14.9 Å². The Balaban J connectivity index is 1.63. The van der Waals surface area contributed by atoms with E-state index in [0.29, 0.717) is 37.3 Å². The molecule has 0 spiro atoms. The van der Waals surface area contributed by atoms with E-state index in [1.165, 1.54) is 31.6 Å². The second-order valence-electron chi connectivity index (χ2n) is 6.02. The van der Waals surface area contributed by atoms with Gasteiger partial charge < -0.3 is 10.2 Å². The van der Waals surface area contributed by atoms with E-state index in [0.717, 1.165) is 0 Å². The van der Waals surface area contributed by atoms with Gasteiger partial charge in [-0.15, -0.1) is 0 Å². The molecule has 1 aliphatic rings. The van der Waals surface area contributed by atoms with Gasteiger partial charge in [0.1, 0.15) is 11.5 Å². The van der Waals surface area contributed by atoms with Gasteiger partial charge in [0.25, 0.3) is 5.91 Å². The minimum Gasteiger partial charge on any atom is -0.382 e. The molecule has 1 saturated heterocycles. The molecule has 1 fully saturated rings. The van der Waals surface area contributed by atoms with E-state index in [2.05, 4.69) is 15.3 Å². The number of benzene rings is 1. The normalized spacial score (nSPS) is 15.0. The Morgan fingerprint density at radius 1 is 1.24 bits per heavy atom. The average Bonchev–Trinajstić information content (AvgIpc) is 2.62. The van der Waals surface area contributed by atoms with E-state index in [-0.39, 0.29) is 23.3 Å². The zero-order valence-electron chi connectivity index (χ0n) is 13.9. The Morgan fingerprint density at radius 3 is 2.64 bits per heavy atom. The number of likely N-dealkylation sites (tertiary alicyclic amines) is 1. The van der Waals surface area contributed by atoms with Gasteiger partial charge in [0.15, 0.2) is 5.78 Å². The third-order valence-corrected chi connectivity index (χ3v) is 4.29. The topological polar surface area (TPSA) is 75.2 Å². The van der Waals surface area contributed by atoms with Crippen LogP contribution in [0.3, 0.4) is 0 Å². The number of carbonyl (C=O) groups excluding carboxylic acids is 2. The van der Waals surface area contributed by atoms with E-state index < -0.39 is 5.82 Å². The lowest BCUT2D eigenvalue weighted by Crippen LogP contribution is -2.42. The van der Waals surface area contributed by atoms with Gasteiger partial charge in [0.05, 0.1) is 11.8 Å². The Morgan fingerprint density at radius 2 is 2.00 bits per heavy atom. The fraction of sp³-hybridized carbons (Fsp3) is 0.333. The lowest BCUT2D eigenvalue weighted by atomic mass is 10.0. The maximum atomic E-state index is 13.9. The minimum atomic E-state index is -0.521. The fourth-order valence-electron chi connectivity index (χ4n) is 3.02. The molecule has 0 bridgehead atoms. The molecule has 130 valence electrons. The SMILES string of the molecule is CC(=O)c1c(F)cccc1NC1CCN(C(=O)c2cnccn2)CC1. The predicted molar refractivity (Wildman–Crippen MR) is 91.0 cm³/mol. The van der Waals surface area contributed by atoms with Crippen molar-refractivity contribution < 1.29 is 14.0 Å². The van der Waals surface area contributed by atoms with Crippen molar-refractivity contribution in [2.24, 2.45) is 0 Å². The molecular weight excluding hydrogens is 323 g/mol. The van der Waals surface area contributed by atoms with Crippen LogP contribution in [0.25, 0.3) is 0 Å². The molecule has 25 heavy (non-hydrogen) atoms. The van der Waals surface area contributed by atoms with Gasteiger partial charge in [0, 0.05) is 37.2 Å². The van der Waals surface area contributed by atoms with Crippen LogP contribution in [-0.4, -0.2) is 45.7 Å². The number of halogens is 1. The molecule has 7 heteroatoms. The third kappa shape index (κ3) is 3.81. The molecule has 2 heterocycles. The van der Waals surface area contributed by atoms with Crippen LogP contribution >= 0.6 is 0 Å². The number of amides is 1. The first-order valence-electron chi connectivity index (χ1n) is 8.17. The van der Waals surface area contributed by atoms with E-state index in [4.69, 9.17) is 0 Å². The summed E-state index contributed by atoms with van der Waals surface area (Å²) in [5, 5.41) is 3.24. The number of carbonyl (C=O) groups is 2. The first-order valence-corrected chi connectivity index (χ1v) is 8.17. The third-order valence-electron chi connectivity index (χ3n) is 4.29. The van der Waals surface area contributed by atoms with Crippen molar-refractivity contribution in [3.05, 3.63) is 53.9 Å². The highest BCUT2D eigenvalue weighted by atomic mass is 19.1. The molecule has 1 aromatic heterocycles. The van der Waals surface area contributed by atoms with Crippen molar-refractivity contribution in [1.29, 1.82) is 0 Å². The number of piperidine rings is 1. The maximum Gasteiger partial charge on any atom is 0.274 e. The quantitative estimate of drug-likeness (QED) is 0.864. The lowest BCUT2D eigenvalue weighted by molar-refractivity contribution is 0.0712. The summed E-state index contributed by atoms with van der Waals surface area (Å²) >= 11 is 0. The molecule has 1 amide bonds. The Hall–Kier alpha value is -2.83. The number of anilines is 1. The number of nitrogens with zero attached hydrogens (tertiary/aromatic N) is 3. The van der Waals surface area contributed by atoms with Crippen LogP contribution in [-0.2, 0) is 0 Å². The van der Waals surface area contributed by atoms with Crippen LogP contribution < -0.4 is 5.32 Å². The van der Waals surface area contributed by atoms with Crippen LogP contribution in [0.5, 0.6) is 0 Å². The standard InChI is InChI=1S/C18H19FN4O2/c1-12(24)17-14(19)3-2-4-15(17)22-13-5-9-23(10-6-13)18(25)16-11-20-7-8-21-16/h2-4,7-8,11,13,22H,5-6,9-10H2,1H3. The molecule has 1 aliphatic heterocycles. The molecule has 1 N–H and O–H groups in total. The molecule has 0 saturated carbocycles. The second kappa shape index (κ2) is 7.38. The van der Waals surface area contributed by atoms with Crippen molar-refractivity contribution in [3.63, 3.8) is 0 Å². The highest BCUT2D eigenvalue weighted by Crippen LogP contribution is 2.23. The summed E-state index contributed by atoms with van der Waals surface area (Å²) in [6, 6.07) is 4.64. The molecule has 0 radical (unpaired) electrons. The summed E-state index contributed by atoms with van der Waals surface area (Å²) in [7, 11) is 0. The van der Waals surface area contributed by atoms with Crippen molar-refractivity contribution >= 4 is 17.4 Å². The van der Waals surface area contributed by atoms with Crippen molar-refractivity contribution in [2.75, 3.05) is 18.4 Å². The first kappa shape index (κ1) is 17.0. The van der Waals surface area contributed by atoms with E-state index in [1.807, 2.05) is 0 Å². The molecule has 0 atom stereocenters. The number of hydrogen-bond acceptors (Lipinski definition) is 5. The van der Waals surface area contributed by atoms with Gasteiger partial charge in [-0.1, -0.05) is 6.07 Å². The van der Waals surface area contributed by atoms with Crippen LogP contribution in [0.4, 0.5) is 10.1 Å². The Labute approximate surface area is 145 Å². The summed E-state index contributed by atoms with van der Waals surface area (Å²) in [5.41, 5.74) is 0.921. The van der Waals surface area contributed by atoms with Crippen molar-refractivity contribution in [3.8, 4) is 0 Å². The summed E-state index contributed by atoms with van der Waals surface area (Å²) in [6.07, 6.45) is 5.89. The highest BCUT2D eigenvalue weighted by Gasteiger charge is 2.25. The van der Waals surface area contributed by atoms with Gasteiger partial charge in [-0.2, -0.15) is 0 Å². The van der Waals surface area contributed by atoms with Crippen LogP contribution in [0.15, 0.2) is 36.8 Å². The first-order chi connectivity index (χ1) is 12.1. The van der Waals surface area contributed by atoms with Crippen LogP contribution in [0.1, 0.15) is 40.6 Å². The number of hydrogen-bond donors (Lipinski definition) is 1. The monoisotopic (exact) mass is 342 g/mol. The Kier molecular flexibility index (Phi) is 5.02. The molecule has 6 nitrogen and oxygen atoms in total. The number of rotatable bonds is 4. The average molecular weight is 342 g/mol. The largest absolute Gasteiger partial charge is 0.382 e. The molecule has 0 aliphatic carbocycles. The molecular formula is C18H19FN4O2. The highest BCUT2D eigenvalue weighted by molar-refractivity contribution is 5.99. The van der Waals surface area contributed by atoms with Gasteiger partial charge in [-0.05, 0) is 31.9 Å². The van der Waals surface area contributed by atoms with Gasteiger partial charge in [-0.25, -0.2) is 9.37 Å². The zero-order valence-corrected chi connectivity index (χ0v) is 13.9. The van der Waals surface area contributed by atoms with Crippen LogP contribution in [0, 0.1) is 5.82 Å². The predicted octanol–water partition coefficient (Wildman–Crippen LogP) is 2.54. The van der Waals surface area contributed by atoms with Gasteiger partial charge in [-0.3, -0.25) is 14.6 Å². The van der Waals surface area contributed by atoms with E-state index in [1.54, 1.807) is 17.0 Å². The second-order valence-corrected chi connectivity index (χ2v) is 6.02. The molecule has 1 aromatic carbocycles. The van der Waals surface area contributed by atoms with Crippen molar-refractivity contribution in [2.45, 2.75) is 25.8 Å².